The molecule has 1 aromatic carbocycles. The van der Waals surface area contributed by atoms with E-state index in [1.54, 1.807) is 11.7 Å². The third-order valence-corrected chi connectivity index (χ3v) is 2.94. The highest BCUT2D eigenvalue weighted by Crippen LogP contribution is 2.13. The molecule has 0 aliphatic heterocycles. The van der Waals surface area contributed by atoms with E-state index in [9.17, 15) is 9.18 Å². The summed E-state index contributed by atoms with van der Waals surface area (Å²) in [4.78, 5) is 16.6. The molecule has 0 radical (unpaired) electrons. The van der Waals surface area contributed by atoms with Gasteiger partial charge in [0.1, 0.15) is 5.82 Å². The molecule has 4 nitrogen and oxygen atoms in total. The second kappa shape index (κ2) is 4.92. The average molecular weight is 251 g/mol. The van der Waals surface area contributed by atoms with Crippen molar-refractivity contribution in [2.24, 2.45) is 0 Å². The number of carbonyl (C=O) groups excluding carboxylic acids is 1. The SMILES string of the molecule is Nc1cc(F)ccc1C(=O)NCc1cncs1. The third-order valence-electron chi connectivity index (χ3n) is 2.16. The smallest absolute Gasteiger partial charge is 0.253 e. The highest BCUT2D eigenvalue weighted by atomic mass is 32.1. The third kappa shape index (κ3) is 2.79. The van der Waals surface area contributed by atoms with Crippen LogP contribution in [0.1, 0.15) is 15.2 Å². The topological polar surface area (TPSA) is 68.0 Å². The summed E-state index contributed by atoms with van der Waals surface area (Å²) in [6, 6.07) is 3.70. The van der Waals surface area contributed by atoms with Crippen molar-refractivity contribution in [1.29, 1.82) is 0 Å². The summed E-state index contributed by atoms with van der Waals surface area (Å²) in [7, 11) is 0. The zero-order chi connectivity index (χ0) is 12.3. The largest absolute Gasteiger partial charge is 0.398 e. The molecular weight excluding hydrogens is 241 g/mol. The number of carbonyl (C=O) groups is 1. The Kier molecular flexibility index (Phi) is 3.34. The Morgan fingerprint density at radius 2 is 2.35 bits per heavy atom. The van der Waals surface area contributed by atoms with Gasteiger partial charge < -0.3 is 11.1 Å². The van der Waals surface area contributed by atoms with Crippen LogP contribution in [0.5, 0.6) is 0 Å². The molecule has 2 aromatic rings. The van der Waals surface area contributed by atoms with Gasteiger partial charge in [0.05, 0.1) is 17.6 Å². The summed E-state index contributed by atoms with van der Waals surface area (Å²) in [6.07, 6.45) is 1.68. The maximum Gasteiger partial charge on any atom is 0.253 e. The number of nitrogens with zero attached hydrogens (tertiary/aromatic N) is 1. The minimum atomic E-state index is -0.457. The van der Waals surface area contributed by atoms with E-state index in [1.807, 2.05) is 0 Å². The molecule has 1 aromatic heterocycles. The molecule has 0 aliphatic carbocycles. The molecule has 88 valence electrons. The Labute approximate surface area is 101 Å². The molecule has 0 saturated carbocycles. The first-order valence-electron chi connectivity index (χ1n) is 4.87. The lowest BCUT2D eigenvalue weighted by Crippen LogP contribution is -2.23. The normalized spacial score (nSPS) is 10.2. The molecule has 0 bridgehead atoms. The maximum absolute atomic E-state index is 12.8. The summed E-state index contributed by atoms with van der Waals surface area (Å²) in [5.41, 5.74) is 7.65. The van der Waals surface area contributed by atoms with Crippen LogP contribution in [0.4, 0.5) is 10.1 Å². The van der Waals surface area contributed by atoms with Gasteiger partial charge in [-0.2, -0.15) is 0 Å². The van der Waals surface area contributed by atoms with E-state index < -0.39 is 5.82 Å². The quantitative estimate of drug-likeness (QED) is 0.817. The van der Waals surface area contributed by atoms with Crippen LogP contribution in [0.15, 0.2) is 29.9 Å². The number of thiazole rings is 1. The molecule has 0 saturated heterocycles. The van der Waals surface area contributed by atoms with Gasteiger partial charge in [0.15, 0.2) is 0 Å². The number of rotatable bonds is 3. The number of hydrogen-bond donors (Lipinski definition) is 2. The van der Waals surface area contributed by atoms with Crippen molar-refractivity contribution in [3.63, 3.8) is 0 Å². The highest BCUT2D eigenvalue weighted by molar-refractivity contribution is 7.09. The van der Waals surface area contributed by atoms with Crippen LogP contribution in [0.2, 0.25) is 0 Å². The number of nitrogen functional groups attached to an aromatic ring is 1. The van der Waals surface area contributed by atoms with Gasteiger partial charge in [0, 0.05) is 16.8 Å². The van der Waals surface area contributed by atoms with E-state index in [0.29, 0.717) is 6.54 Å². The lowest BCUT2D eigenvalue weighted by Gasteiger charge is -2.06. The predicted molar refractivity (Wildman–Crippen MR) is 64.1 cm³/mol. The van der Waals surface area contributed by atoms with Crippen LogP contribution in [-0.4, -0.2) is 10.9 Å². The van der Waals surface area contributed by atoms with Crippen molar-refractivity contribution >= 4 is 22.9 Å². The maximum atomic E-state index is 12.8. The van der Waals surface area contributed by atoms with Gasteiger partial charge in [0.2, 0.25) is 0 Å². The lowest BCUT2D eigenvalue weighted by molar-refractivity contribution is 0.0952. The number of benzene rings is 1. The van der Waals surface area contributed by atoms with Gasteiger partial charge in [-0.3, -0.25) is 9.78 Å². The molecule has 0 unspecified atom stereocenters. The first-order chi connectivity index (χ1) is 8.16. The van der Waals surface area contributed by atoms with Gasteiger partial charge >= 0.3 is 0 Å². The Morgan fingerprint density at radius 1 is 1.53 bits per heavy atom. The van der Waals surface area contributed by atoms with Gasteiger partial charge in [-0.25, -0.2) is 4.39 Å². The minimum absolute atomic E-state index is 0.131. The fourth-order valence-electron chi connectivity index (χ4n) is 1.33. The number of nitrogens with one attached hydrogen (secondary N) is 1. The summed E-state index contributed by atoms with van der Waals surface area (Å²) in [5, 5.41) is 2.69. The van der Waals surface area contributed by atoms with Crippen LogP contribution in [0, 0.1) is 5.82 Å². The number of anilines is 1. The van der Waals surface area contributed by atoms with Gasteiger partial charge in [-0.1, -0.05) is 0 Å². The Hall–Kier alpha value is -1.95. The Morgan fingerprint density at radius 3 is 3.00 bits per heavy atom. The van der Waals surface area contributed by atoms with Crippen molar-refractivity contribution in [2.45, 2.75) is 6.54 Å². The molecule has 1 amide bonds. The van der Waals surface area contributed by atoms with Crippen LogP contribution in [0.25, 0.3) is 0 Å². The molecule has 0 fully saturated rings. The molecule has 6 heteroatoms. The lowest BCUT2D eigenvalue weighted by atomic mass is 10.1. The molecular formula is C11H10FN3OS. The monoisotopic (exact) mass is 251 g/mol. The number of aromatic nitrogens is 1. The number of nitrogens with two attached hydrogens (primary N) is 1. The summed E-state index contributed by atoms with van der Waals surface area (Å²) in [6.45, 7) is 0.389. The van der Waals surface area contributed by atoms with Gasteiger partial charge in [-0.05, 0) is 18.2 Å². The van der Waals surface area contributed by atoms with E-state index in [4.69, 9.17) is 5.73 Å². The molecule has 0 aliphatic rings. The number of halogens is 1. The van der Waals surface area contributed by atoms with Crippen molar-refractivity contribution in [1.82, 2.24) is 10.3 Å². The average Bonchev–Trinajstić information content (AvgIpc) is 2.78. The van der Waals surface area contributed by atoms with Crippen LogP contribution in [-0.2, 0) is 6.54 Å². The molecule has 0 atom stereocenters. The predicted octanol–water partition coefficient (Wildman–Crippen LogP) is 1.79. The summed E-state index contributed by atoms with van der Waals surface area (Å²) < 4.78 is 12.8. The zero-order valence-electron chi connectivity index (χ0n) is 8.81. The Balaban J connectivity index is 2.04. The fourth-order valence-corrected chi connectivity index (χ4v) is 1.87. The second-order valence-corrected chi connectivity index (χ2v) is 4.35. The van der Waals surface area contributed by atoms with Crippen LogP contribution in [0.3, 0.4) is 0 Å². The molecule has 3 N–H and O–H groups in total. The van der Waals surface area contributed by atoms with E-state index in [-0.39, 0.29) is 17.2 Å². The van der Waals surface area contributed by atoms with E-state index in [1.165, 1.54) is 23.5 Å². The van der Waals surface area contributed by atoms with Gasteiger partial charge in [0.25, 0.3) is 5.91 Å². The molecule has 17 heavy (non-hydrogen) atoms. The first kappa shape index (κ1) is 11.5. The zero-order valence-corrected chi connectivity index (χ0v) is 9.63. The molecule has 1 heterocycles. The highest BCUT2D eigenvalue weighted by Gasteiger charge is 2.10. The van der Waals surface area contributed by atoms with Crippen molar-refractivity contribution < 1.29 is 9.18 Å². The first-order valence-corrected chi connectivity index (χ1v) is 5.75. The van der Waals surface area contributed by atoms with E-state index in [2.05, 4.69) is 10.3 Å². The van der Waals surface area contributed by atoms with Crippen LogP contribution < -0.4 is 11.1 Å². The fraction of sp³-hybridized carbons (Fsp3) is 0.0909. The van der Waals surface area contributed by atoms with Crippen molar-refractivity contribution in [2.75, 3.05) is 5.73 Å². The number of amides is 1. The second-order valence-electron chi connectivity index (χ2n) is 3.38. The van der Waals surface area contributed by atoms with Crippen molar-refractivity contribution in [3.05, 3.63) is 46.2 Å². The van der Waals surface area contributed by atoms with E-state index >= 15 is 0 Å². The Bertz CT molecular complexity index is 528. The van der Waals surface area contributed by atoms with E-state index in [0.717, 1.165) is 10.9 Å². The van der Waals surface area contributed by atoms with Crippen LogP contribution >= 0.6 is 11.3 Å². The molecule has 0 spiro atoms. The van der Waals surface area contributed by atoms with Crippen molar-refractivity contribution in [3.8, 4) is 0 Å². The summed E-state index contributed by atoms with van der Waals surface area (Å²) >= 11 is 1.45. The van der Waals surface area contributed by atoms with Gasteiger partial charge in [-0.15, -0.1) is 11.3 Å². The standard InChI is InChI=1S/C11H10FN3OS/c12-7-1-2-9(10(13)3-7)11(16)15-5-8-4-14-6-17-8/h1-4,6H,5,13H2,(H,15,16). The minimum Gasteiger partial charge on any atom is -0.398 e. The summed E-state index contributed by atoms with van der Waals surface area (Å²) in [5.74, 6) is -0.780. The number of hydrogen-bond acceptors (Lipinski definition) is 4. The molecule has 2 rings (SSSR count).